The Balaban J connectivity index is 1.55. The van der Waals surface area contributed by atoms with Crippen LogP contribution in [0, 0.1) is 11.6 Å². The molecule has 0 bridgehead atoms. The lowest BCUT2D eigenvalue weighted by atomic mass is 10.0. The average molecular weight is 402 g/mol. The number of hydrogen-bond donors (Lipinski definition) is 0. The summed E-state index contributed by atoms with van der Waals surface area (Å²) >= 11 is 0. The van der Waals surface area contributed by atoms with Crippen LogP contribution in [0.4, 0.5) is 22.0 Å². The molecular formula is C22H15F5N2. The van der Waals surface area contributed by atoms with E-state index in [0.717, 1.165) is 17.8 Å². The third-order valence-electron chi connectivity index (χ3n) is 4.90. The van der Waals surface area contributed by atoms with Crippen LogP contribution in [0.3, 0.4) is 0 Å². The van der Waals surface area contributed by atoms with Crippen molar-refractivity contribution in [3.05, 3.63) is 89.1 Å². The van der Waals surface area contributed by atoms with Gasteiger partial charge in [-0.3, -0.25) is 9.98 Å². The Morgan fingerprint density at radius 3 is 2.14 bits per heavy atom. The Morgan fingerprint density at radius 2 is 1.55 bits per heavy atom. The summed E-state index contributed by atoms with van der Waals surface area (Å²) in [7, 11) is 0. The van der Waals surface area contributed by atoms with Gasteiger partial charge in [0.1, 0.15) is 11.6 Å². The second-order valence-electron chi connectivity index (χ2n) is 6.78. The molecule has 148 valence electrons. The van der Waals surface area contributed by atoms with Gasteiger partial charge in [-0.05, 0) is 42.7 Å². The lowest BCUT2D eigenvalue weighted by Gasteiger charge is -2.09. The fourth-order valence-electron chi connectivity index (χ4n) is 3.40. The highest BCUT2D eigenvalue weighted by Crippen LogP contribution is 2.34. The smallest absolute Gasteiger partial charge is 0.281 e. The quantitative estimate of drug-likeness (QED) is 0.468. The fraction of sp³-hybridized carbons (Fsp3) is 0.182. The first-order valence-corrected chi connectivity index (χ1v) is 8.97. The number of benzene rings is 2. The summed E-state index contributed by atoms with van der Waals surface area (Å²) in [6, 6.07) is 12.9. The normalized spacial score (nSPS) is 16.7. The monoisotopic (exact) mass is 402 g/mol. The summed E-state index contributed by atoms with van der Waals surface area (Å²) in [6.45, 7) is 0. The molecule has 1 aliphatic rings. The number of halogens is 5. The third kappa shape index (κ3) is 3.90. The van der Waals surface area contributed by atoms with Gasteiger partial charge >= 0.3 is 6.18 Å². The van der Waals surface area contributed by atoms with Crippen LogP contribution >= 0.6 is 0 Å². The van der Waals surface area contributed by atoms with Gasteiger partial charge in [-0.25, -0.2) is 8.78 Å². The summed E-state index contributed by atoms with van der Waals surface area (Å²) < 4.78 is 65.9. The van der Waals surface area contributed by atoms with Crippen molar-refractivity contribution >= 4 is 5.71 Å². The molecule has 0 radical (unpaired) electrons. The van der Waals surface area contributed by atoms with Crippen LogP contribution in [-0.2, 0) is 6.18 Å². The van der Waals surface area contributed by atoms with Crippen LogP contribution in [0.15, 0.2) is 65.8 Å². The standard InChI is InChI=1S/C22H15F5N2/c23-16-2-1-3-17(24)21(16)20-11-10-19(29-20)14-6-4-13(5-7-14)18-9-8-15(12-28-18)22(25,26)27/h1-9,12,19H,10-11H2/t19-/m1/s1. The Labute approximate surface area is 163 Å². The SMILES string of the molecule is Fc1cccc(F)c1C1=N[C@@H](c2ccc(-c3ccc(C(F)(F)F)cn3)cc2)CC1. The van der Waals surface area contributed by atoms with Gasteiger partial charge in [0, 0.05) is 17.5 Å². The minimum absolute atomic E-state index is 0.0828. The van der Waals surface area contributed by atoms with E-state index in [1.54, 1.807) is 12.1 Å². The molecule has 4 rings (SSSR count). The van der Waals surface area contributed by atoms with Crippen molar-refractivity contribution in [3.63, 3.8) is 0 Å². The van der Waals surface area contributed by atoms with E-state index in [9.17, 15) is 22.0 Å². The van der Waals surface area contributed by atoms with Gasteiger partial charge in [0.25, 0.3) is 0 Å². The van der Waals surface area contributed by atoms with Crippen molar-refractivity contribution < 1.29 is 22.0 Å². The number of alkyl halides is 3. The van der Waals surface area contributed by atoms with Gasteiger partial charge in [0.15, 0.2) is 0 Å². The molecular weight excluding hydrogens is 387 g/mol. The molecule has 1 atom stereocenters. The number of nitrogens with zero attached hydrogens (tertiary/aromatic N) is 2. The maximum atomic E-state index is 14.0. The molecule has 0 saturated heterocycles. The average Bonchev–Trinajstić information content (AvgIpc) is 3.17. The molecule has 2 heterocycles. The summed E-state index contributed by atoms with van der Waals surface area (Å²) in [4.78, 5) is 8.37. The molecule has 0 amide bonds. The Morgan fingerprint density at radius 1 is 0.862 bits per heavy atom. The van der Waals surface area contributed by atoms with Gasteiger partial charge in [-0.1, -0.05) is 30.3 Å². The first kappa shape index (κ1) is 19.2. The Bertz CT molecular complexity index is 1030. The first-order chi connectivity index (χ1) is 13.8. The molecule has 0 fully saturated rings. The first-order valence-electron chi connectivity index (χ1n) is 8.97. The zero-order valence-corrected chi connectivity index (χ0v) is 15.0. The van der Waals surface area contributed by atoms with Crippen molar-refractivity contribution in [1.29, 1.82) is 0 Å². The van der Waals surface area contributed by atoms with Crippen LogP contribution in [0.2, 0.25) is 0 Å². The van der Waals surface area contributed by atoms with Gasteiger partial charge in [-0.2, -0.15) is 13.2 Å². The van der Waals surface area contributed by atoms with Crippen LogP contribution in [0.25, 0.3) is 11.3 Å². The molecule has 1 aromatic heterocycles. The molecule has 29 heavy (non-hydrogen) atoms. The second kappa shape index (κ2) is 7.39. The number of rotatable bonds is 3. The van der Waals surface area contributed by atoms with Gasteiger partial charge in [0.2, 0.25) is 0 Å². The van der Waals surface area contributed by atoms with Crippen molar-refractivity contribution in [2.45, 2.75) is 25.1 Å². The number of hydrogen-bond acceptors (Lipinski definition) is 2. The molecule has 2 aromatic carbocycles. The van der Waals surface area contributed by atoms with E-state index in [1.807, 2.05) is 12.1 Å². The molecule has 0 saturated carbocycles. The number of aliphatic imine (C=N–C) groups is 1. The lowest BCUT2D eigenvalue weighted by molar-refractivity contribution is -0.137. The topological polar surface area (TPSA) is 25.2 Å². The molecule has 7 heteroatoms. The van der Waals surface area contributed by atoms with E-state index in [2.05, 4.69) is 9.98 Å². The summed E-state index contributed by atoms with van der Waals surface area (Å²) in [6.07, 6.45) is -2.53. The largest absolute Gasteiger partial charge is 0.417 e. The van der Waals surface area contributed by atoms with Crippen LogP contribution in [0.5, 0.6) is 0 Å². The minimum atomic E-state index is -4.43. The maximum absolute atomic E-state index is 14.0. The predicted octanol–water partition coefficient (Wildman–Crippen LogP) is 6.37. The minimum Gasteiger partial charge on any atom is -0.281 e. The van der Waals surface area contributed by atoms with E-state index in [0.29, 0.717) is 29.8 Å². The van der Waals surface area contributed by atoms with Gasteiger partial charge < -0.3 is 0 Å². The highest BCUT2D eigenvalue weighted by molar-refractivity contribution is 6.02. The third-order valence-corrected chi connectivity index (χ3v) is 4.90. The van der Waals surface area contributed by atoms with E-state index >= 15 is 0 Å². The van der Waals surface area contributed by atoms with E-state index in [1.165, 1.54) is 24.3 Å². The Kier molecular flexibility index (Phi) is 4.90. The Hall–Kier alpha value is -3.09. The van der Waals surface area contributed by atoms with Crippen molar-refractivity contribution in [2.24, 2.45) is 4.99 Å². The van der Waals surface area contributed by atoms with E-state index in [-0.39, 0.29) is 11.6 Å². The molecule has 0 N–H and O–H groups in total. The fourth-order valence-corrected chi connectivity index (χ4v) is 3.40. The summed E-state index contributed by atoms with van der Waals surface area (Å²) in [5, 5.41) is 0. The van der Waals surface area contributed by atoms with Crippen LogP contribution in [0.1, 0.15) is 35.6 Å². The summed E-state index contributed by atoms with van der Waals surface area (Å²) in [5.41, 5.74) is 1.48. The van der Waals surface area contributed by atoms with Crippen LogP contribution < -0.4 is 0 Å². The number of aromatic nitrogens is 1. The number of pyridine rings is 1. The van der Waals surface area contributed by atoms with Gasteiger partial charge in [-0.15, -0.1) is 0 Å². The highest BCUT2D eigenvalue weighted by Gasteiger charge is 2.30. The molecule has 0 unspecified atom stereocenters. The van der Waals surface area contributed by atoms with E-state index in [4.69, 9.17) is 0 Å². The highest BCUT2D eigenvalue weighted by atomic mass is 19.4. The molecule has 0 spiro atoms. The van der Waals surface area contributed by atoms with Crippen LogP contribution in [-0.4, -0.2) is 10.7 Å². The van der Waals surface area contributed by atoms with E-state index < -0.39 is 23.4 Å². The predicted molar refractivity (Wildman–Crippen MR) is 99.5 cm³/mol. The zero-order chi connectivity index (χ0) is 20.6. The molecule has 3 aromatic rings. The summed E-state index contributed by atoms with van der Waals surface area (Å²) in [5.74, 6) is -1.26. The maximum Gasteiger partial charge on any atom is 0.417 e. The van der Waals surface area contributed by atoms with Crippen molar-refractivity contribution in [1.82, 2.24) is 4.98 Å². The zero-order valence-electron chi connectivity index (χ0n) is 15.0. The molecule has 2 nitrogen and oxygen atoms in total. The van der Waals surface area contributed by atoms with Crippen molar-refractivity contribution in [2.75, 3.05) is 0 Å². The lowest BCUT2D eigenvalue weighted by Crippen LogP contribution is -2.05. The molecule has 0 aliphatic carbocycles. The van der Waals surface area contributed by atoms with Crippen molar-refractivity contribution in [3.8, 4) is 11.3 Å². The molecule has 1 aliphatic heterocycles. The second-order valence-corrected chi connectivity index (χ2v) is 6.78. The van der Waals surface area contributed by atoms with Gasteiger partial charge in [0.05, 0.1) is 22.9 Å².